The number of imidazole rings is 1. The van der Waals surface area contributed by atoms with Gasteiger partial charge in [0.2, 0.25) is 5.95 Å². The van der Waals surface area contributed by atoms with Gasteiger partial charge in [-0.3, -0.25) is 0 Å². The number of aromatic amines is 1. The van der Waals surface area contributed by atoms with Crippen LogP contribution < -0.4 is 5.32 Å². The normalized spacial score (nSPS) is 10.6. The molecule has 0 aliphatic carbocycles. The minimum atomic E-state index is 0.623. The third-order valence-corrected chi connectivity index (χ3v) is 2.48. The quantitative estimate of drug-likeness (QED) is 0.715. The smallest absolute Gasteiger partial charge is 0.223 e. The molecule has 0 unspecified atom stereocenters. The minimum Gasteiger partial charge on any atom is -0.349 e. The van der Waals surface area contributed by atoms with Crippen LogP contribution in [-0.2, 0) is 6.54 Å². The molecule has 0 spiro atoms. The first-order valence-corrected chi connectivity index (χ1v) is 5.35. The molecule has 5 heteroatoms. The van der Waals surface area contributed by atoms with Crippen LogP contribution in [0.2, 0.25) is 0 Å². The molecule has 0 atom stereocenters. The standard InChI is InChI=1S/C12H11N5/c1-2-4-11-9(3-1)5-14-12(17-11)15-7-10-6-13-8-16-10/h1-6,8H,7H2,(H,13,16)(H,14,15,17). The highest BCUT2D eigenvalue weighted by atomic mass is 15.1. The summed E-state index contributed by atoms with van der Waals surface area (Å²) in [5.74, 6) is 0.623. The Morgan fingerprint density at radius 1 is 1.18 bits per heavy atom. The molecule has 1 aromatic carbocycles. The van der Waals surface area contributed by atoms with Crippen molar-refractivity contribution in [2.24, 2.45) is 0 Å². The van der Waals surface area contributed by atoms with E-state index in [9.17, 15) is 0 Å². The van der Waals surface area contributed by atoms with Crippen molar-refractivity contribution < 1.29 is 0 Å². The van der Waals surface area contributed by atoms with Gasteiger partial charge >= 0.3 is 0 Å². The first-order valence-electron chi connectivity index (χ1n) is 5.35. The van der Waals surface area contributed by atoms with Crippen LogP contribution in [0.1, 0.15) is 5.69 Å². The van der Waals surface area contributed by atoms with Crippen molar-refractivity contribution in [3.05, 3.63) is 48.7 Å². The number of aromatic nitrogens is 4. The Morgan fingerprint density at radius 2 is 2.12 bits per heavy atom. The van der Waals surface area contributed by atoms with Gasteiger partial charge in [0.15, 0.2) is 0 Å². The van der Waals surface area contributed by atoms with Crippen LogP contribution in [0.15, 0.2) is 43.0 Å². The second kappa shape index (κ2) is 4.21. The highest BCUT2D eigenvalue weighted by Gasteiger charge is 1.99. The van der Waals surface area contributed by atoms with Gasteiger partial charge in [0.25, 0.3) is 0 Å². The van der Waals surface area contributed by atoms with Crippen molar-refractivity contribution in [3.8, 4) is 0 Å². The number of rotatable bonds is 3. The zero-order valence-corrected chi connectivity index (χ0v) is 9.09. The predicted octanol–water partition coefficient (Wildman–Crippen LogP) is 1.96. The van der Waals surface area contributed by atoms with Crippen LogP contribution in [-0.4, -0.2) is 19.9 Å². The maximum atomic E-state index is 4.42. The topological polar surface area (TPSA) is 66.5 Å². The molecule has 2 aromatic heterocycles. The fourth-order valence-electron chi connectivity index (χ4n) is 1.61. The van der Waals surface area contributed by atoms with Gasteiger partial charge in [0.1, 0.15) is 0 Å². The zero-order chi connectivity index (χ0) is 11.5. The van der Waals surface area contributed by atoms with E-state index in [0.717, 1.165) is 16.6 Å². The Labute approximate surface area is 98.0 Å². The lowest BCUT2D eigenvalue weighted by molar-refractivity contribution is 1.03. The highest BCUT2D eigenvalue weighted by Crippen LogP contribution is 2.11. The first-order chi connectivity index (χ1) is 8.42. The lowest BCUT2D eigenvalue weighted by Gasteiger charge is -2.03. The second-order valence-electron chi connectivity index (χ2n) is 3.68. The number of para-hydroxylation sites is 1. The van der Waals surface area contributed by atoms with Crippen LogP contribution in [0.5, 0.6) is 0 Å². The second-order valence-corrected chi connectivity index (χ2v) is 3.68. The molecular weight excluding hydrogens is 214 g/mol. The Morgan fingerprint density at radius 3 is 3.00 bits per heavy atom. The Kier molecular flexibility index (Phi) is 2.42. The fraction of sp³-hybridized carbons (Fsp3) is 0.0833. The van der Waals surface area contributed by atoms with Crippen LogP contribution >= 0.6 is 0 Å². The lowest BCUT2D eigenvalue weighted by Crippen LogP contribution is -2.03. The predicted molar refractivity (Wildman–Crippen MR) is 65.5 cm³/mol. The molecule has 0 saturated heterocycles. The monoisotopic (exact) mass is 225 g/mol. The van der Waals surface area contributed by atoms with E-state index >= 15 is 0 Å². The molecule has 17 heavy (non-hydrogen) atoms. The summed E-state index contributed by atoms with van der Waals surface area (Å²) in [5, 5.41) is 4.19. The van der Waals surface area contributed by atoms with E-state index in [4.69, 9.17) is 0 Å². The average molecular weight is 225 g/mol. The van der Waals surface area contributed by atoms with Gasteiger partial charge < -0.3 is 10.3 Å². The molecule has 0 fully saturated rings. The molecule has 0 amide bonds. The SMILES string of the molecule is c1ccc2nc(NCc3cnc[nH]3)ncc2c1. The van der Waals surface area contributed by atoms with Crippen molar-refractivity contribution >= 4 is 16.9 Å². The number of H-pyrrole nitrogens is 1. The molecule has 84 valence electrons. The van der Waals surface area contributed by atoms with E-state index in [0.29, 0.717) is 12.5 Å². The lowest BCUT2D eigenvalue weighted by atomic mass is 10.2. The summed E-state index contributed by atoms with van der Waals surface area (Å²) < 4.78 is 0. The first kappa shape index (κ1) is 9.77. The number of hydrogen-bond acceptors (Lipinski definition) is 4. The maximum Gasteiger partial charge on any atom is 0.223 e. The van der Waals surface area contributed by atoms with Gasteiger partial charge in [-0.05, 0) is 6.07 Å². The van der Waals surface area contributed by atoms with E-state index in [1.165, 1.54) is 0 Å². The summed E-state index contributed by atoms with van der Waals surface area (Å²) in [5.41, 5.74) is 1.94. The van der Waals surface area contributed by atoms with Gasteiger partial charge in [-0.15, -0.1) is 0 Å². The summed E-state index contributed by atoms with van der Waals surface area (Å²) in [6.45, 7) is 0.637. The summed E-state index contributed by atoms with van der Waals surface area (Å²) in [7, 11) is 0. The van der Waals surface area contributed by atoms with Crippen molar-refractivity contribution in [1.29, 1.82) is 0 Å². The maximum absolute atomic E-state index is 4.42. The van der Waals surface area contributed by atoms with Crippen LogP contribution in [0.4, 0.5) is 5.95 Å². The molecular formula is C12H11N5. The van der Waals surface area contributed by atoms with Gasteiger partial charge in [0.05, 0.1) is 24.1 Å². The van der Waals surface area contributed by atoms with Crippen LogP contribution in [0, 0.1) is 0 Å². The average Bonchev–Trinajstić information content (AvgIpc) is 2.89. The minimum absolute atomic E-state index is 0.623. The fourth-order valence-corrected chi connectivity index (χ4v) is 1.61. The van der Waals surface area contributed by atoms with E-state index < -0.39 is 0 Å². The molecule has 0 bridgehead atoms. The van der Waals surface area contributed by atoms with Crippen molar-refractivity contribution in [3.63, 3.8) is 0 Å². The Balaban J connectivity index is 1.81. The molecule has 0 saturated carbocycles. The summed E-state index contributed by atoms with van der Waals surface area (Å²) in [6, 6.07) is 7.91. The van der Waals surface area contributed by atoms with Crippen LogP contribution in [0.25, 0.3) is 10.9 Å². The van der Waals surface area contributed by atoms with E-state index in [1.807, 2.05) is 30.5 Å². The number of anilines is 1. The summed E-state index contributed by atoms with van der Waals surface area (Å²) in [4.78, 5) is 15.6. The molecule has 3 rings (SSSR count). The zero-order valence-electron chi connectivity index (χ0n) is 9.09. The van der Waals surface area contributed by atoms with Crippen molar-refractivity contribution in [1.82, 2.24) is 19.9 Å². The third-order valence-electron chi connectivity index (χ3n) is 2.48. The number of nitrogens with one attached hydrogen (secondary N) is 2. The van der Waals surface area contributed by atoms with Gasteiger partial charge in [-0.25, -0.2) is 15.0 Å². The van der Waals surface area contributed by atoms with E-state index in [2.05, 4.69) is 25.3 Å². The van der Waals surface area contributed by atoms with Gasteiger partial charge in [-0.2, -0.15) is 0 Å². The molecule has 2 heterocycles. The summed E-state index contributed by atoms with van der Waals surface area (Å²) >= 11 is 0. The Hall–Kier alpha value is -2.43. The third kappa shape index (κ3) is 2.08. The molecule has 2 N–H and O–H groups in total. The van der Waals surface area contributed by atoms with E-state index in [-0.39, 0.29) is 0 Å². The van der Waals surface area contributed by atoms with Gasteiger partial charge in [-0.1, -0.05) is 18.2 Å². The summed E-state index contributed by atoms with van der Waals surface area (Å²) in [6.07, 6.45) is 5.24. The van der Waals surface area contributed by atoms with Gasteiger partial charge in [0, 0.05) is 17.8 Å². The van der Waals surface area contributed by atoms with E-state index in [1.54, 1.807) is 12.5 Å². The number of hydrogen-bond donors (Lipinski definition) is 2. The van der Waals surface area contributed by atoms with Crippen LogP contribution in [0.3, 0.4) is 0 Å². The van der Waals surface area contributed by atoms with Crippen molar-refractivity contribution in [2.45, 2.75) is 6.54 Å². The molecule has 0 aliphatic heterocycles. The van der Waals surface area contributed by atoms with Crippen molar-refractivity contribution in [2.75, 3.05) is 5.32 Å². The highest BCUT2D eigenvalue weighted by molar-refractivity contribution is 5.78. The number of nitrogens with zero attached hydrogens (tertiary/aromatic N) is 3. The Bertz CT molecular complexity index is 618. The largest absolute Gasteiger partial charge is 0.349 e. The molecule has 5 nitrogen and oxygen atoms in total. The number of benzene rings is 1. The molecule has 0 radical (unpaired) electrons. The molecule has 0 aliphatic rings. The number of fused-ring (bicyclic) bond motifs is 1. The molecule has 3 aromatic rings.